The smallest absolute Gasteiger partial charge is 0.253 e. The number of hydrogen-bond donors (Lipinski definition) is 1. The monoisotopic (exact) mass is 363 g/mol. The number of sulfonamides is 1. The van der Waals surface area contributed by atoms with Crippen molar-refractivity contribution in [2.45, 2.75) is 18.7 Å². The van der Waals surface area contributed by atoms with E-state index in [9.17, 15) is 13.2 Å². The van der Waals surface area contributed by atoms with Crippen LogP contribution in [0.2, 0.25) is 0 Å². The van der Waals surface area contributed by atoms with Gasteiger partial charge in [0.2, 0.25) is 10.0 Å². The molecule has 0 radical (unpaired) electrons. The third-order valence-electron chi connectivity index (χ3n) is 3.47. The summed E-state index contributed by atoms with van der Waals surface area (Å²) in [6, 6.07) is 6.22. The molecule has 0 aromatic heterocycles. The normalized spacial score (nSPS) is 11.2. The third-order valence-corrected chi connectivity index (χ3v) is 5.51. The largest absolute Gasteiger partial charge is 0.340 e. The number of carbonyl (C=O) groups is 1. The number of rotatable bonds is 8. The number of nitrogens with zero attached hydrogens (tertiary/aromatic N) is 2. The number of likely N-dealkylation sites (N-methyl/N-ethyl adjacent to an activating group) is 2. The highest BCUT2D eigenvalue weighted by Gasteiger charge is 2.23. The molecule has 0 aliphatic heterocycles. The molecular weight excluding hydrogens is 338 g/mol. The van der Waals surface area contributed by atoms with Crippen molar-refractivity contribution in [3.8, 4) is 0 Å². The van der Waals surface area contributed by atoms with Crippen molar-refractivity contribution in [1.82, 2.24) is 14.5 Å². The van der Waals surface area contributed by atoms with Crippen molar-refractivity contribution in [2.75, 3.05) is 40.3 Å². The second kappa shape index (κ2) is 9.87. The van der Waals surface area contributed by atoms with Gasteiger partial charge in [0.05, 0.1) is 4.90 Å². The minimum atomic E-state index is -3.55. The molecule has 6 nitrogen and oxygen atoms in total. The summed E-state index contributed by atoms with van der Waals surface area (Å²) in [6.45, 7) is 5.63. The first kappa shape index (κ1) is 21.9. The fraction of sp³-hybridized carbons (Fsp3) is 0.533. The molecule has 0 saturated heterocycles. The van der Waals surface area contributed by atoms with Crippen LogP contribution < -0.4 is 5.32 Å². The Morgan fingerprint density at radius 2 is 1.83 bits per heavy atom. The lowest BCUT2D eigenvalue weighted by Gasteiger charge is -2.20. The van der Waals surface area contributed by atoms with E-state index in [2.05, 4.69) is 5.32 Å². The van der Waals surface area contributed by atoms with Gasteiger partial charge in [-0.1, -0.05) is 19.9 Å². The van der Waals surface area contributed by atoms with Crippen LogP contribution in [0, 0.1) is 0 Å². The van der Waals surface area contributed by atoms with Gasteiger partial charge in [0.25, 0.3) is 5.91 Å². The quantitative estimate of drug-likeness (QED) is 0.758. The van der Waals surface area contributed by atoms with Crippen molar-refractivity contribution >= 4 is 28.3 Å². The maximum atomic E-state index is 12.5. The van der Waals surface area contributed by atoms with Gasteiger partial charge in [-0.05, 0) is 25.2 Å². The summed E-state index contributed by atoms with van der Waals surface area (Å²) in [7, 11) is -0.0349. The van der Waals surface area contributed by atoms with E-state index < -0.39 is 10.0 Å². The van der Waals surface area contributed by atoms with E-state index in [-0.39, 0.29) is 23.2 Å². The zero-order chi connectivity index (χ0) is 16.8. The molecule has 0 aliphatic rings. The predicted molar refractivity (Wildman–Crippen MR) is 94.7 cm³/mol. The van der Waals surface area contributed by atoms with E-state index >= 15 is 0 Å². The zero-order valence-corrected chi connectivity index (χ0v) is 15.7. The molecule has 1 aromatic rings. The van der Waals surface area contributed by atoms with Crippen LogP contribution in [-0.4, -0.2) is 63.8 Å². The topological polar surface area (TPSA) is 69.7 Å². The van der Waals surface area contributed by atoms with Gasteiger partial charge in [0.1, 0.15) is 0 Å². The molecule has 0 atom stereocenters. The van der Waals surface area contributed by atoms with E-state index in [1.165, 1.54) is 16.4 Å². The fourth-order valence-electron chi connectivity index (χ4n) is 2.10. The molecule has 132 valence electrons. The van der Waals surface area contributed by atoms with E-state index in [1.807, 2.05) is 7.05 Å². The lowest BCUT2D eigenvalue weighted by atomic mass is 10.2. The highest BCUT2D eigenvalue weighted by atomic mass is 35.5. The van der Waals surface area contributed by atoms with Gasteiger partial charge in [-0.25, -0.2) is 8.42 Å². The first-order chi connectivity index (χ1) is 10.4. The summed E-state index contributed by atoms with van der Waals surface area (Å²) in [5.74, 6) is -0.188. The lowest BCUT2D eigenvalue weighted by molar-refractivity contribution is 0.0796. The van der Waals surface area contributed by atoms with Crippen LogP contribution in [0.1, 0.15) is 24.2 Å². The van der Waals surface area contributed by atoms with E-state index in [4.69, 9.17) is 0 Å². The lowest BCUT2D eigenvalue weighted by Crippen LogP contribution is -2.33. The Hall–Kier alpha value is -1.15. The zero-order valence-electron chi connectivity index (χ0n) is 14.1. The standard InChI is InChI=1S/C15H25N3O3S.ClH/c1-5-18(6-2)22(20,21)14-9-7-8-13(12-14)15(19)17(4)11-10-16-3;/h7-9,12,16H,5-6,10-11H2,1-4H3;1H. The number of benzene rings is 1. The Morgan fingerprint density at radius 1 is 1.22 bits per heavy atom. The van der Waals surface area contributed by atoms with Gasteiger partial charge in [0, 0.05) is 38.8 Å². The number of carbonyl (C=O) groups excluding carboxylic acids is 1. The number of amides is 1. The van der Waals surface area contributed by atoms with Crippen LogP contribution in [0.4, 0.5) is 0 Å². The first-order valence-electron chi connectivity index (χ1n) is 7.38. The van der Waals surface area contributed by atoms with Gasteiger partial charge in [-0.3, -0.25) is 4.79 Å². The van der Waals surface area contributed by atoms with E-state index in [0.29, 0.717) is 31.7 Å². The predicted octanol–water partition coefficient (Wildman–Crippen LogP) is 1.43. The van der Waals surface area contributed by atoms with Crippen molar-refractivity contribution in [2.24, 2.45) is 0 Å². The Balaban J connectivity index is 0.00000484. The molecule has 23 heavy (non-hydrogen) atoms. The molecule has 0 bridgehead atoms. The van der Waals surface area contributed by atoms with E-state index in [1.54, 1.807) is 37.9 Å². The molecular formula is C15H26ClN3O3S. The summed E-state index contributed by atoms with van der Waals surface area (Å²) in [6.07, 6.45) is 0. The minimum Gasteiger partial charge on any atom is -0.340 e. The second-order valence-corrected chi connectivity index (χ2v) is 6.89. The van der Waals surface area contributed by atoms with Gasteiger partial charge in [-0.15, -0.1) is 12.4 Å². The average Bonchev–Trinajstić information content (AvgIpc) is 2.52. The molecule has 1 rings (SSSR count). The second-order valence-electron chi connectivity index (χ2n) is 4.95. The van der Waals surface area contributed by atoms with Crippen molar-refractivity contribution < 1.29 is 13.2 Å². The Bertz CT molecular complexity index is 604. The summed E-state index contributed by atoms with van der Waals surface area (Å²) in [5, 5.41) is 2.97. The third kappa shape index (κ3) is 5.46. The van der Waals surface area contributed by atoms with Gasteiger partial charge < -0.3 is 10.2 Å². The molecule has 1 amide bonds. The first-order valence-corrected chi connectivity index (χ1v) is 8.82. The molecule has 0 spiro atoms. The molecule has 0 fully saturated rings. The minimum absolute atomic E-state index is 0. The fourth-order valence-corrected chi connectivity index (χ4v) is 3.61. The summed E-state index contributed by atoms with van der Waals surface area (Å²) in [5.41, 5.74) is 0.381. The Morgan fingerprint density at radius 3 is 2.35 bits per heavy atom. The summed E-state index contributed by atoms with van der Waals surface area (Å²) >= 11 is 0. The van der Waals surface area contributed by atoms with Gasteiger partial charge in [-0.2, -0.15) is 4.31 Å². The average molecular weight is 364 g/mol. The molecule has 0 unspecified atom stereocenters. The van der Waals surface area contributed by atoms with Crippen molar-refractivity contribution in [1.29, 1.82) is 0 Å². The van der Waals surface area contributed by atoms with Crippen molar-refractivity contribution in [3.05, 3.63) is 29.8 Å². The molecule has 0 saturated carbocycles. The van der Waals surface area contributed by atoms with E-state index in [0.717, 1.165) is 0 Å². The Kier molecular flexibility index (Phi) is 9.38. The van der Waals surface area contributed by atoms with Crippen LogP contribution in [0.3, 0.4) is 0 Å². The summed E-state index contributed by atoms with van der Waals surface area (Å²) < 4.78 is 26.4. The van der Waals surface area contributed by atoms with Gasteiger partial charge in [0.15, 0.2) is 0 Å². The molecule has 0 heterocycles. The van der Waals surface area contributed by atoms with Crippen LogP contribution in [0.25, 0.3) is 0 Å². The van der Waals surface area contributed by atoms with Crippen LogP contribution >= 0.6 is 12.4 Å². The molecule has 1 N–H and O–H groups in total. The molecule has 1 aromatic carbocycles. The SMILES string of the molecule is CCN(CC)S(=O)(=O)c1cccc(C(=O)N(C)CCNC)c1.Cl. The van der Waals surface area contributed by atoms with Crippen LogP contribution in [0.5, 0.6) is 0 Å². The number of halogens is 1. The van der Waals surface area contributed by atoms with Gasteiger partial charge >= 0.3 is 0 Å². The maximum Gasteiger partial charge on any atom is 0.253 e. The Labute approximate surface area is 145 Å². The highest BCUT2D eigenvalue weighted by Crippen LogP contribution is 2.17. The molecule has 0 aliphatic carbocycles. The van der Waals surface area contributed by atoms with Crippen molar-refractivity contribution in [3.63, 3.8) is 0 Å². The van der Waals surface area contributed by atoms with Crippen LogP contribution in [0.15, 0.2) is 29.2 Å². The molecule has 8 heteroatoms. The summed E-state index contributed by atoms with van der Waals surface area (Å²) in [4.78, 5) is 14.1. The maximum absolute atomic E-state index is 12.5. The highest BCUT2D eigenvalue weighted by molar-refractivity contribution is 7.89. The van der Waals surface area contributed by atoms with Crippen LogP contribution in [-0.2, 0) is 10.0 Å². The number of nitrogens with one attached hydrogen (secondary N) is 1. The number of hydrogen-bond acceptors (Lipinski definition) is 4.